The first kappa shape index (κ1) is 17.6. The van der Waals surface area contributed by atoms with E-state index in [0.29, 0.717) is 6.42 Å². The predicted molar refractivity (Wildman–Crippen MR) is 89.3 cm³/mol. The molecule has 1 aromatic carbocycles. The van der Waals surface area contributed by atoms with E-state index in [0.717, 1.165) is 11.3 Å². The molecule has 2 atom stereocenters. The Kier molecular flexibility index (Phi) is 5.51. The van der Waals surface area contributed by atoms with Crippen molar-refractivity contribution < 1.29 is 17.9 Å². The molecule has 1 aliphatic rings. The smallest absolute Gasteiger partial charge is 0.315 e. The maximum absolute atomic E-state index is 12.0. The van der Waals surface area contributed by atoms with Crippen molar-refractivity contribution in [3.05, 3.63) is 29.8 Å². The second-order valence-electron chi connectivity index (χ2n) is 6.18. The van der Waals surface area contributed by atoms with Crippen molar-refractivity contribution >= 4 is 15.9 Å². The number of rotatable bonds is 5. The largest absolute Gasteiger partial charge is 0.491 e. The summed E-state index contributed by atoms with van der Waals surface area (Å²) in [6, 6.07) is 6.71. The summed E-state index contributed by atoms with van der Waals surface area (Å²) in [5, 5.41) is 5.55. The molecule has 23 heavy (non-hydrogen) atoms. The van der Waals surface area contributed by atoms with Crippen molar-refractivity contribution in [2.75, 3.05) is 11.5 Å². The van der Waals surface area contributed by atoms with Gasteiger partial charge in [-0.15, -0.1) is 0 Å². The van der Waals surface area contributed by atoms with Crippen LogP contribution < -0.4 is 15.4 Å². The Bertz CT molecular complexity index is 658. The molecule has 0 aliphatic carbocycles. The quantitative estimate of drug-likeness (QED) is 0.859. The first-order chi connectivity index (χ1) is 10.7. The number of amides is 2. The van der Waals surface area contributed by atoms with Crippen LogP contribution in [0.5, 0.6) is 5.75 Å². The molecule has 0 radical (unpaired) electrons. The average Bonchev–Trinajstić information content (AvgIpc) is 2.77. The van der Waals surface area contributed by atoms with Crippen LogP contribution in [0.15, 0.2) is 24.3 Å². The van der Waals surface area contributed by atoms with Gasteiger partial charge in [0.15, 0.2) is 9.84 Å². The van der Waals surface area contributed by atoms with Crippen molar-refractivity contribution in [2.24, 2.45) is 0 Å². The second-order valence-corrected chi connectivity index (χ2v) is 8.41. The third kappa shape index (κ3) is 5.42. The Morgan fingerprint density at radius 1 is 1.30 bits per heavy atom. The van der Waals surface area contributed by atoms with Crippen LogP contribution in [0.3, 0.4) is 0 Å². The van der Waals surface area contributed by atoms with Gasteiger partial charge in [-0.3, -0.25) is 0 Å². The molecule has 1 aromatic rings. The first-order valence-electron chi connectivity index (χ1n) is 7.79. The maximum atomic E-state index is 12.0. The topological polar surface area (TPSA) is 84.5 Å². The van der Waals surface area contributed by atoms with Crippen molar-refractivity contribution in [2.45, 2.75) is 45.4 Å². The number of carbonyl (C=O) groups excluding carboxylic acids is 1. The van der Waals surface area contributed by atoms with Crippen molar-refractivity contribution in [1.82, 2.24) is 10.6 Å². The van der Waals surface area contributed by atoms with E-state index in [1.165, 1.54) is 0 Å². The van der Waals surface area contributed by atoms with E-state index in [-0.39, 0.29) is 35.7 Å². The lowest BCUT2D eigenvalue weighted by Crippen LogP contribution is -2.43. The molecular weight excluding hydrogens is 316 g/mol. The molecule has 1 fully saturated rings. The van der Waals surface area contributed by atoms with Crippen LogP contribution in [0.1, 0.15) is 38.8 Å². The minimum atomic E-state index is -3.00. The van der Waals surface area contributed by atoms with E-state index in [9.17, 15) is 13.2 Å². The number of hydrogen-bond acceptors (Lipinski definition) is 4. The van der Waals surface area contributed by atoms with Crippen molar-refractivity contribution in [3.63, 3.8) is 0 Å². The number of ether oxygens (including phenoxy) is 1. The fourth-order valence-electron chi connectivity index (χ4n) is 2.55. The molecule has 0 unspecified atom stereocenters. The van der Waals surface area contributed by atoms with Gasteiger partial charge in [-0.2, -0.15) is 0 Å². The average molecular weight is 340 g/mol. The standard InChI is InChI=1S/C16H24N2O4S/c1-11(2)22-15-6-4-5-13(9-15)12(3)17-16(19)18-14-7-8-23(20,21)10-14/h4-6,9,11-12,14H,7-8,10H2,1-3H3,(H2,17,18,19)/t12-,14-/m1/s1. The highest BCUT2D eigenvalue weighted by Gasteiger charge is 2.29. The Morgan fingerprint density at radius 3 is 2.65 bits per heavy atom. The van der Waals surface area contributed by atoms with Crippen LogP contribution in [0.2, 0.25) is 0 Å². The fourth-order valence-corrected chi connectivity index (χ4v) is 4.22. The summed E-state index contributed by atoms with van der Waals surface area (Å²) >= 11 is 0. The third-order valence-electron chi connectivity index (χ3n) is 3.65. The highest BCUT2D eigenvalue weighted by Crippen LogP contribution is 2.20. The van der Waals surface area contributed by atoms with E-state index in [4.69, 9.17) is 4.74 Å². The van der Waals surface area contributed by atoms with E-state index in [1.807, 2.05) is 45.0 Å². The van der Waals surface area contributed by atoms with Crippen LogP contribution in [0, 0.1) is 0 Å². The van der Waals surface area contributed by atoms with Gasteiger partial charge >= 0.3 is 6.03 Å². The van der Waals surface area contributed by atoms with Gasteiger partial charge in [-0.05, 0) is 44.9 Å². The van der Waals surface area contributed by atoms with Crippen LogP contribution in [-0.2, 0) is 9.84 Å². The summed E-state index contributed by atoms with van der Waals surface area (Å²) in [5.41, 5.74) is 0.928. The van der Waals surface area contributed by atoms with E-state index >= 15 is 0 Å². The summed E-state index contributed by atoms with van der Waals surface area (Å²) in [6.07, 6.45) is 0.558. The molecule has 0 spiro atoms. The number of benzene rings is 1. The van der Waals surface area contributed by atoms with Crippen LogP contribution in [0.4, 0.5) is 4.79 Å². The molecule has 1 saturated heterocycles. The lowest BCUT2D eigenvalue weighted by molar-refractivity contribution is 0.234. The molecule has 7 heteroatoms. The second kappa shape index (κ2) is 7.21. The van der Waals surface area contributed by atoms with E-state index < -0.39 is 9.84 Å². The minimum absolute atomic E-state index is 0.0204. The molecule has 128 valence electrons. The van der Waals surface area contributed by atoms with E-state index in [2.05, 4.69) is 10.6 Å². The normalized spacial score (nSPS) is 21.0. The molecule has 6 nitrogen and oxygen atoms in total. The highest BCUT2D eigenvalue weighted by atomic mass is 32.2. The van der Waals surface area contributed by atoms with E-state index in [1.54, 1.807) is 0 Å². The number of hydrogen-bond donors (Lipinski definition) is 2. The molecule has 2 rings (SSSR count). The van der Waals surface area contributed by atoms with Crippen molar-refractivity contribution in [1.29, 1.82) is 0 Å². The Balaban J connectivity index is 1.91. The van der Waals surface area contributed by atoms with Gasteiger partial charge in [0, 0.05) is 6.04 Å². The highest BCUT2D eigenvalue weighted by molar-refractivity contribution is 7.91. The summed E-state index contributed by atoms with van der Waals surface area (Å²) in [4.78, 5) is 12.0. The molecule has 1 aliphatic heterocycles. The van der Waals surface area contributed by atoms with Gasteiger partial charge in [-0.25, -0.2) is 13.2 Å². The van der Waals surface area contributed by atoms with Crippen molar-refractivity contribution in [3.8, 4) is 5.75 Å². The minimum Gasteiger partial charge on any atom is -0.491 e. The SMILES string of the molecule is CC(C)Oc1cccc([C@@H](C)NC(=O)N[C@@H]2CCS(=O)(=O)C2)c1. The van der Waals surface area contributed by atoms with Gasteiger partial charge < -0.3 is 15.4 Å². The summed E-state index contributed by atoms with van der Waals surface area (Å²) in [5.74, 6) is 0.919. The van der Waals surface area contributed by atoms with Gasteiger partial charge in [0.25, 0.3) is 0 Å². The summed E-state index contributed by atoms with van der Waals surface area (Å²) < 4.78 is 28.5. The predicted octanol–water partition coefficient (Wildman–Crippen LogP) is 2.02. The molecule has 1 heterocycles. The summed E-state index contributed by atoms with van der Waals surface area (Å²) in [7, 11) is -3.00. The number of nitrogens with one attached hydrogen (secondary N) is 2. The molecule has 2 N–H and O–H groups in total. The first-order valence-corrected chi connectivity index (χ1v) is 9.61. The van der Waals surface area contributed by atoms with Crippen LogP contribution in [-0.4, -0.2) is 38.1 Å². The summed E-state index contributed by atoms with van der Waals surface area (Å²) in [6.45, 7) is 5.79. The molecule has 0 aromatic heterocycles. The number of carbonyl (C=O) groups is 1. The van der Waals surface area contributed by atoms with Gasteiger partial charge in [0.1, 0.15) is 5.75 Å². The zero-order valence-electron chi connectivity index (χ0n) is 13.7. The monoisotopic (exact) mass is 340 g/mol. The lowest BCUT2D eigenvalue weighted by atomic mass is 10.1. The Morgan fingerprint density at radius 2 is 2.04 bits per heavy atom. The zero-order valence-corrected chi connectivity index (χ0v) is 14.5. The zero-order chi connectivity index (χ0) is 17.0. The van der Waals surface area contributed by atoms with Crippen LogP contribution >= 0.6 is 0 Å². The van der Waals surface area contributed by atoms with Gasteiger partial charge in [0.2, 0.25) is 0 Å². The molecule has 0 saturated carbocycles. The van der Waals surface area contributed by atoms with Gasteiger partial charge in [0.05, 0.1) is 23.7 Å². The molecule has 0 bridgehead atoms. The van der Waals surface area contributed by atoms with Gasteiger partial charge in [-0.1, -0.05) is 12.1 Å². The Hall–Kier alpha value is -1.76. The fraction of sp³-hybridized carbons (Fsp3) is 0.562. The molecule has 2 amide bonds. The Labute approximate surface area is 137 Å². The lowest BCUT2D eigenvalue weighted by Gasteiger charge is -2.18. The number of sulfone groups is 1. The maximum Gasteiger partial charge on any atom is 0.315 e. The van der Waals surface area contributed by atoms with Crippen LogP contribution in [0.25, 0.3) is 0 Å². The number of urea groups is 1. The third-order valence-corrected chi connectivity index (χ3v) is 5.41. The molecular formula is C16H24N2O4S.